The summed E-state index contributed by atoms with van der Waals surface area (Å²) in [5.41, 5.74) is 9.20. The molecule has 1 atom stereocenters. The Morgan fingerprint density at radius 1 is 1.16 bits per heavy atom. The number of hydrogen-bond acceptors (Lipinski definition) is 6. The van der Waals surface area contributed by atoms with Crippen LogP contribution in [0, 0.1) is 6.92 Å². The largest absolute Gasteiger partial charge is 0.381 e. The Labute approximate surface area is 151 Å². The number of nitrogens with zero attached hydrogens (tertiary/aromatic N) is 1. The van der Waals surface area contributed by atoms with Crippen molar-refractivity contribution in [3.05, 3.63) is 60.2 Å². The van der Waals surface area contributed by atoms with Crippen LogP contribution in [-0.2, 0) is 4.79 Å². The van der Waals surface area contributed by atoms with Crippen molar-refractivity contribution in [2.45, 2.75) is 13.1 Å². The van der Waals surface area contributed by atoms with Crippen LogP contribution >= 0.6 is 11.8 Å². The number of aryl methyl sites for hydroxylation is 1. The number of para-hydroxylation sites is 1. The van der Waals surface area contributed by atoms with E-state index in [0.717, 1.165) is 16.5 Å². The van der Waals surface area contributed by atoms with Crippen LogP contribution in [0.25, 0.3) is 0 Å². The molecule has 1 amide bonds. The minimum atomic E-state index is -0.0693. The van der Waals surface area contributed by atoms with Crippen LogP contribution in [0.15, 0.2) is 59.6 Å². The fourth-order valence-electron chi connectivity index (χ4n) is 2.34. The molecule has 0 aromatic heterocycles. The van der Waals surface area contributed by atoms with Gasteiger partial charge in [-0.3, -0.25) is 10.2 Å². The maximum absolute atomic E-state index is 11.9. The molecule has 0 aliphatic carbocycles. The Hall–Kier alpha value is -2.51. The van der Waals surface area contributed by atoms with Crippen molar-refractivity contribution in [2.24, 2.45) is 4.99 Å². The van der Waals surface area contributed by atoms with E-state index >= 15 is 0 Å². The van der Waals surface area contributed by atoms with E-state index in [4.69, 9.17) is 0 Å². The van der Waals surface area contributed by atoms with Crippen LogP contribution in [0.4, 0.5) is 11.4 Å². The minimum Gasteiger partial charge on any atom is -0.381 e. The van der Waals surface area contributed by atoms with E-state index in [1.54, 1.807) is 0 Å². The molecule has 1 aliphatic heterocycles. The fraction of sp³-hybridized carbons (Fsp3) is 0.222. The van der Waals surface area contributed by atoms with Gasteiger partial charge >= 0.3 is 0 Å². The molecule has 0 saturated carbocycles. The Morgan fingerprint density at radius 3 is 2.76 bits per heavy atom. The second-order valence-electron chi connectivity index (χ2n) is 5.67. The van der Waals surface area contributed by atoms with Gasteiger partial charge in [0.25, 0.3) is 0 Å². The zero-order valence-electron chi connectivity index (χ0n) is 14.0. The van der Waals surface area contributed by atoms with Gasteiger partial charge in [0.15, 0.2) is 5.17 Å². The number of aliphatic imine (C=N–C) groups is 1. The van der Waals surface area contributed by atoms with Gasteiger partial charge in [0.05, 0.1) is 12.3 Å². The zero-order valence-corrected chi connectivity index (χ0v) is 14.8. The Kier molecular flexibility index (Phi) is 5.92. The molecular weight excluding hydrogens is 334 g/mol. The van der Waals surface area contributed by atoms with E-state index in [2.05, 4.69) is 45.5 Å². The quantitative estimate of drug-likeness (QED) is 0.641. The van der Waals surface area contributed by atoms with E-state index in [1.165, 1.54) is 17.3 Å². The molecular formula is C18H21N5OS. The van der Waals surface area contributed by atoms with E-state index in [9.17, 15) is 4.79 Å². The van der Waals surface area contributed by atoms with Gasteiger partial charge in [-0.2, -0.15) is 0 Å². The van der Waals surface area contributed by atoms with Crippen LogP contribution in [0.3, 0.4) is 0 Å². The smallest absolute Gasteiger partial charge is 0.234 e. The molecule has 4 N–H and O–H groups in total. The lowest BCUT2D eigenvalue weighted by atomic mass is 10.2. The van der Waals surface area contributed by atoms with Gasteiger partial charge in [-0.25, -0.2) is 10.4 Å². The summed E-state index contributed by atoms with van der Waals surface area (Å²) in [6, 6.07) is 17.6. The third-order valence-electron chi connectivity index (χ3n) is 3.53. The third kappa shape index (κ3) is 5.51. The lowest BCUT2D eigenvalue weighted by molar-refractivity contribution is -0.113. The van der Waals surface area contributed by atoms with E-state index < -0.39 is 0 Å². The van der Waals surface area contributed by atoms with Gasteiger partial charge < -0.3 is 10.6 Å². The number of nitrogens with one attached hydrogen (secondary N) is 4. The summed E-state index contributed by atoms with van der Waals surface area (Å²) in [7, 11) is 0. The zero-order chi connectivity index (χ0) is 17.5. The number of hydrazine groups is 1. The van der Waals surface area contributed by atoms with Crippen molar-refractivity contribution in [2.75, 3.05) is 22.9 Å². The maximum Gasteiger partial charge on any atom is 0.234 e. The summed E-state index contributed by atoms with van der Waals surface area (Å²) in [4.78, 5) is 16.5. The molecule has 130 valence electrons. The number of hydrogen-bond donors (Lipinski definition) is 4. The van der Waals surface area contributed by atoms with Crippen LogP contribution in [0.1, 0.15) is 5.56 Å². The topological polar surface area (TPSA) is 77.5 Å². The molecule has 0 fully saturated rings. The van der Waals surface area contributed by atoms with Gasteiger partial charge in [-0.15, -0.1) is 0 Å². The van der Waals surface area contributed by atoms with Crippen molar-refractivity contribution in [3.8, 4) is 0 Å². The van der Waals surface area contributed by atoms with E-state index in [-0.39, 0.29) is 12.1 Å². The molecule has 0 spiro atoms. The van der Waals surface area contributed by atoms with Crippen molar-refractivity contribution in [3.63, 3.8) is 0 Å². The molecule has 0 saturated heterocycles. The van der Waals surface area contributed by atoms with Crippen molar-refractivity contribution < 1.29 is 4.79 Å². The lowest BCUT2D eigenvalue weighted by Crippen LogP contribution is -2.37. The third-order valence-corrected chi connectivity index (χ3v) is 4.42. The summed E-state index contributed by atoms with van der Waals surface area (Å²) in [5, 5.41) is 6.92. The summed E-state index contributed by atoms with van der Waals surface area (Å²) in [5.74, 6) is 0.252. The van der Waals surface area contributed by atoms with Gasteiger partial charge in [-0.05, 0) is 36.8 Å². The highest BCUT2D eigenvalue weighted by molar-refractivity contribution is 8.14. The molecule has 25 heavy (non-hydrogen) atoms. The van der Waals surface area contributed by atoms with Gasteiger partial charge in [0, 0.05) is 11.4 Å². The molecule has 1 aliphatic rings. The van der Waals surface area contributed by atoms with Crippen LogP contribution < -0.4 is 21.5 Å². The first-order chi connectivity index (χ1) is 12.2. The first kappa shape index (κ1) is 17.3. The number of carbonyl (C=O) groups is 1. The maximum atomic E-state index is 11.9. The summed E-state index contributed by atoms with van der Waals surface area (Å²) in [6.45, 7) is 2.73. The SMILES string of the molecule is Cc1cccc(NCC2N=C(SCC(=O)Nc3ccccc3)NN2)c1. The molecule has 2 aromatic carbocycles. The number of anilines is 2. The Morgan fingerprint density at radius 2 is 1.96 bits per heavy atom. The fourth-order valence-corrected chi connectivity index (χ4v) is 3.02. The summed E-state index contributed by atoms with van der Waals surface area (Å²) in [6.07, 6.45) is -0.0693. The van der Waals surface area contributed by atoms with Gasteiger partial charge in [0.1, 0.15) is 6.17 Å². The number of amidine groups is 1. The van der Waals surface area contributed by atoms with Crippen LogP contribution in [0.5, 0.6) is 0 Å². The van der Waals surface area contributed by atoms with Crippen LogP contribution in [0.2, 0.25) is 0 Å². The van der Waals surface area contributed by atoms with Crippen LogP contribution in [-0.4, -0.2) is 29.5 Å². The predicted molar refractivity (Wildman–Crippen MR) is 105 cm³/mol. The highest BCUT2D eigenvalue weighted by Crippen LogP contribution is 2.12. The molecule has 1 heterocycles. The van der Waals surface area contributed by atoms with Gasteiger partial charge in [-0.1, -0.05) is 42.1 Å². The van der Waals surface area contributed by atoms with Crippen molar-refractivity contribution in [1.29, 1.82) is 0 Å². The highest BCUT2D eigenvalue weighted by atomic mass is 32.2. The summed E-state index contributed by atoms with van der Waals surface area (Å²) < 4.78 is 0. The summed E-state index contributed by atoms with van der Waals surface area (Å²) >= 11 is 1.38. The molecule has 0 radical (unpaired) electrons. The second-order valence-corrected chi connectivity index (χ2v) is 6.64. The second kappa shape index (κ2) is 8.55. The monoisotopic (exact) mass is 355 g/mol. The number of thioether (sulfide) groups is 1. The molecule has 1 unspecified atom stereocenters. The number of benzene rings is 2. The first-order valence-electron chi connectivity index (χ1n) is 8.06. The number of carbonyl (C=O) groups excluding carboxylic acids is 1. The van der Waals surface area contributed by atoms with Crippen molar-refractivity contribution >= 4 is 34.2 Å². The predicted octanol–water partition coefficient (Wildman–Crippen LogP) is 2.57. The standard InChI is InChI=1S/C18H21N5OS/c1-13-6-5-9-15(10-13)19-11-16-21-18(23-22-16)25-12-17(24)20-14-7-3-2-4-8-14/h2-10,16,19,22H,11-12H2,1H3,(H,20,24)(H,21,23). The Balaban J connectivity index is 1.41. The Bertz CT molecular complexity index is 750. The van der Waals surface area contributed by atoms with Gasteiger partial charge in [0.2, 0.25) is 5.91 Å². The minimum absolute atomic E-state index is 0.0537. The number of amides is 1. The molecule has 0 bridgehead atoms. The molecule has 3 rings (SSSR count). The van der Waals surface area contributed by atoms with Crippen molar-refractivity contribution in [1.82, 2.24) is 10.9 Å². The van der Waals surface area contributed by atoms with E-state index in [1.807, 2.05) is 42.5 Å². The average Bonchev–Trinajstić information content (AvgIpc) is 3.07. The number of rotatable bonds is 6. The highest BCUT2D eigenvalue weighted by Gasteiger charge is 2.17. The van der Waals surface area contributed by atoms with E-state index in [0.29, 0.717) is 12.3 Å². The molecule has 7 heteroatoms. The molecule has 2 aromatic rings. The normalized spacial score (nSPS) is 16.0. The first-order valence-corrected chi connectivity index (χ1v) is 9.05. The molecule has 6 nitrogen and oxygen atoms in total. The average molecular weight is 355 g/mol. The lowest BCUT2D eigenvalue weighted by Gasteiger charge is -2.10.